The zero-order valence-electron chi connectivity index (χ0n) is 12.0. The SMILES string of the molecule is COC(=O)NCCN(C)[C@@H](C)c1ccccc1OC. The molecule has 5 heteroatoms. The Morgan fingerprint density at radius 3 is 2.68 bits per heavy atom. The number of para-hydroxylation sites is 1. The molecular weight excluding hydrogens is 244 g/mol. The molecule has 1 aromatic rings. The largest absolute Gasteiger partial charge is 0.496 e. The first-order valence-electron chi connectivity index (χ1n) is 6.25. The number of amides is 1. The van der Waals surface area contributed by atoms with Crippen molar-refractivity contribution in [2.45, 2.75) is 13.0 Å². The molecule has 0 bridgehead atoms. The lowest BCUT2D eigenvalue weighted by Gasteiger charge is -2.26. The Morgan fingerprint density at radius 1 is 1.37 bits per heavy atom. The van der Waals surface area contributed by atoms with Crippen molar-refractivity contribution in [1.82, 2.24) is 10.2 Å². The van der Waals surface area contributed by atoms with Crippen LogP contribution in [0.1, 0.15) is 18.5 Å². The molecule has 0 fully saturated rings. The maximum Gasteiger partial charge on any atom is 0.406 e. The van der Waals surface area contributed by atoms with Gasteiger partial charge in [-0.1, -0.05) is 18.2 Å². The molecule has 106 valence electrons. The van der Waals surface area contributed by atoms with Crippen LogP contribution in [0.4, 0.5) is 4.79 Å². The zero-order valence-corrected chi connectivity index (χ0v) is 12.0. The summed E-state index contributed by atoms with van der Waals surface area (Å²) in [4.78, 5) is 13.1. The number of hydrogen-bond donors (Lipinski definition) is 1. The van der Waals surface area contributed by atoms with Crippen LogP contribution in [0, 0.1) is 0 Å². The minimum atomic E-state index is -0.404. The number of carbonyl (C=O) groups excluding carboxylic acids is 1. The first kappa shape index (κ1) is 15.3. The summed E-state index contributed by atoms with van der Waals surface area (Å²) in [5.74, 6) is 0.878. The lowest BCUT2D eigenvalue weighted by Crippen LogP contribution is -2.34. The Bertz CT molecular complexity index is 409. The van der Waals surface area contributed by atoms with Crippen molar-refractivity contribution in [3.63, 3.8) is 0 Å². The fourth-order valence-electron chi connectivity index (χ4n) is 1.85. The maximum absolute atomic E-state index is 11.0. The van der Waals surface area contributed by atoms with E-state index < -0.39 is 6.09 Å². The van der Waals surface area contributed by atoms with E-state index in [0.717, 1.165) is 17.9 Å². The number of methoxy groups -OCH3 is 2. The predicted molar refractivity (Wildman–Crippen MR) is 74.4 cm³/mol. The molecule has 0 aliphatic rings. The molecule has 5 nitrogen and oxygen atoms in total. The third kappa shape index (κ3) is 4.44. The first-order valence-corrected chi connectivity index (χ1v) is 6.25. The van der Waals surface area contributed by atoms with Crippen LogP contribution in [-0.4, -0.2) is 45.3 Å². The number of alkyl carbamates (subject to hydrolysis) is 1. The van der Waals surface area contributed by atoms with Gasteiger partial charge in [0.05, 0.1) is 14.2 Å². The van der Waals surface area contributed by atoms with Crippen LogP contribution in [0.15, 0.2) is 24.3 Å². The van der Waals surface area contributed by atoms with Crippen molar-refractivity contribution in [3.8, 4) is 5.75 Å². The van der Waals surface area contributed by atoms with E-state index >= 15 is 0 Å². The molecule has 0 unspecified atom stereocenters. The van der Waals surface area contributed by atoms with Crippen LogP contribution >= 0.6 is 0 Å². The maximum atomic E-state index is 11.0. The highest BCUT2D eigenvalue weighted by molar-refractivity contribution is 5.66. The van der Waals surface area contributed by atoms with Gasteiger partial charge >= 0.3 is 6.09 Å². The van der Waals surface area contributed by atoms with E-state index in [1.807, 2.05) is 31.3 Å². The number of carbonyl (C=O) groups is 1. The first-order chi connectivity index (χ1) is 9.10. The van der Waals surface area contributed by atoms with Gasteiger partial charge in [0.15, 0.2) is 0 Å². The molecular formula is C14H22N2O3. The quantitative estimate of drug-likeness (QED) is 0.856. The number of likely N-dealkylation sites (N-methyl/N-ethyl adjacent to an activating group) is 1. The standard InChI is InChI=1S/C14H22N2O3/c1-11(12-7-5-6-8-13(12)18-3)16(2)10-9-15-14(17)19-4/h5-8,11H,9-10H2,1-4H3,(H,15,17)/t11-/m0/s1. The van der Waals surface area contributed by atoms with Crippen molar-refractivity contribution in [2.75, 3.05) is 34.4 Å². The number of benzene rings is 1. The fraction of sp³-hybridized carbons (Fsp3) is 0.500. The number of nitrogens with zero attached hydrogens (tertiary/aromatic N) is 1. The summed E-state index contributed by atoms with van der Waals surface area (Å²) < 4.78 is 9.89. The van der Waals surface area contributed by atoms with Crippen LogP contribution in [0.3, 0.4) is 0 Å². The number of hydrogen-bond acceptors (Lipinski definition) is 4. The van der Waals surface area contributed by atoms with Crippen LogP contribution in [0.25, 0.3) is 0 Å². The van der Waals surface area contributed by atoms with Gasteiger partial charge in [-0.2, -0.15) is 0 Å². The van der Waals surface area contributed by atoms with Crippen molar-refractivity contribution in [3.05, 3.63) is 29.8 Å². The number of rotatable bonds is 6. The van der Waals surface area contributed by atoms with Gasteiger partial charge in [-0.15, -0.1) is 0 Å². The molecule has 0 aromatic heterocycles. The van der Waals surface area contributed by atoms with Gasteiger partial charge in [-0.3, -0.25) is 4.90 Å². The summed E-state index contributed by atoms with van der Waals surface area (Å²) in [5.41, 5.74) is 1.13. The predicted octanol–water partition coefficient (Wildman–Crippen LogP) is 2.04. The van der Waals surface area contributed by atoms with E-state index in [1.54, 1.807) is 7.11 Å². The molecule has 0 heterocycles. The van der Waals surface area contributed by atoms with E-state index in [-0.39, 0.29) is 6.04 Å². The van der Waals surface area contributed by atoms with E-state index in [9.17, 15) is 4.79 Å². The van der Waals surface area contributed by atoms with Crippen molar-refractivity contribution < 1.29 is 14.3 Å². The Hall–Kier alpha value is -1.75. The van der Waals surface area contributed by atoms with Gasteiger partial charge in [0.2, 0.25) is 0 Å². The van der Waals surface area contributed by atoms with Crippen molar-refractivity contribution in [2.24, 2.45) is 0 Å². The Kier molecular flexibility index (Phi) is 6.15. The molecule has 19 heavy (non-hydrogen) atoms. The zero-order chi connectivity index (χ0) is 14.3. The summed E-state index contributed by atoms with van der Waals surface area (Å²) >= 11 is 0. The molecule has 0 saturated heterocycles. The second kappa shape index (κ2) is 7.63. The van der Waals surface area contributed by atoms with Gasteiger partial charge in [-0.05, 0) is 20.0 Å². The summed E-state index contributed by atoms with van der Waals surface area (Å²) in [7, 11) is 5.04. The third-order valence-electron chi connectivity index (χ3n) is 3.17. The molecule has 1 atom stereocenters. The van der Waals surface area contributed by atoms with Crippen LogP contribution in [0.2, 0.25) is 0 Å². The highest BCUT2D eigenvalue weighted by atomic mass is 16.5. The molecule has 0 aliphatic carbocycles. The highest BCUT2D eigenvalue weighted by Crippen LogP contribution is 2.27. The molecule has 1 amide bonds. The van der Waals surface area contributed by atoms with Crippen LogP contribution in [-0.2, 0) is 4.74 Å². The van der Waals surface area contributed by atoms with Crippen molar-refractivity contribution >= 4 is 6.09 Å². The third-order valence-corrected chi connectivity index (χ3v) is 3.17. The topological polar surface area (TPSA) is 50.8 Å². The second-order valence-corrected chi connectivity index (χ2v) is 4.32. The minimum absolute atomic E-state index is 0.204. The fourth-order valence-corrected chi connectivity index (χ4v) is 1.85. The van der Waals surface area contributed by atoms with E-state index in [1.165, 1.54) is 7.11 Å². The summed E-state index contributed by atoms with van der Waals surface area (Å²) in [6, 6.07) is 8.15. The average molecular weight is 266 g/mol. The van der Waals surface area contributed by atoms with Gasteiger partial charge in [0.25, 0.3) is 0 Å². The lowest BCUT2D eigenvalue weighted by atomic mass is 10.1. The summed E-state index contributed by atoms with van der Waals surface area (Å²) in [6.07, 6.45) is -0.404. The molecule has 1 aromatic carbocycles. The van der Waals surface area contributed by atoms with E-state index in [2.05, 4.69) is 21.9 Å². The average Bonchev–Trinajstić information content (AvgIpc) is 2.45. The number of ether oxygens (including phenoxy) is 2. The monoisotopic (exact) mass is 266 g/mol. The van der Waals surface area contributed by atoms with Crippen LogP contribution < -0.4 is 10.1 Å². The van der Waals surface area contributed by atoms with Gasteiger partial charge in [-0.25, -0.2) is 4.79 Å². The molecule has 0 saturated carbocycles. The Morgan fingerprint density at radius 2 is 2.05 bits per heavy atom. The van der Waals surface area contributed by atoms with Gasteiger partial charge < -0.3 is 14.8 Å². The van der Waals surface area contributed by atoms with Crippen LogP contribution in [0.5, 0.6) is 5.75 Å². The number of nitrogens with one attached hydrogen (secondary N) is 1. The smallest absolute Gasteiger partial charge is 0.406 e. The molecule has 0 radical (unpaired) electrons. The highest BCUT2D eigenvalue weighted by Gasteiger charge is 2.15. The van der Waals surface area contributed by atoms with Gasteiger partial charge in [0, 0.05) is 24.7 Å². The van der Waals surface area contributed by atoms with Gasteiger partial charge in [0.1, 0.15) is 5.75 Å². The summed E-state index contributed by atoms with van der Waals surface area (Å²) in [6.45, 7) is 3.38. The minimum Gasteiger partial charge on any atom is -0.496 e. The molecule has 0 aliphatic heterocycles. The normalized spacial score (nSPS) is 12.1. The second-order valence-electron chi connectivity index (χ2n) is 4.32. The Balaban J connectivity index is 2.56. The van der Waals surface area contributed by atoms with Crippen molar-refractivity contribution in [1.29, 1.82) is 0 Å². The van der Waals surface area contributed by atoms with E-state index in [0.29, 0.717) is 6.54 Å². The molecule has 1 rings (SSSR count). The Labute approximate surface area is 114 Å². The van der Waals surface area contributed by atoms with E-state index in [4.69, 9.17) is 4.74 Å². The molecule has 0 spiro atoms. The summed E-state index contributed by atoms with van der Waals surface area (Å²) in [5, 5.41) is 2.66. The lowest BCUT2D eigenvalue weighted by molar-refractivity contribution is 0.168. The molecule has 1 N–H and O–H groups in total.